The molecule has 1 aliphatic rings. The molecule has 128 valence electrons. The lowest BCUT2D eigenvalue weighted by molar-refractivity contribution is -0.0823. The van der Waals surface area contributed by atoms with Gasteiger partial charge in [-0.25, -0.2) is 8.78 Å². The van der Waals surface area contributed by atoms with Gasteiger partial charge in [0.1, 0.15) is 11.6 Å². The summed E-state index contributed by atoms with van der Waals surface area (Å²) in [6.07, 6.45) is 2.13. The van der Waals surface area contributed by atoms with Crippen molar-refractivity contribution in [3.63, 3.8) is 0 Å². The Balaban J connectivity index is 2.02. The molecule has 0 saturated carbocycles. The summed E-state index contributed by atoms with van der Waals surface area (Å²) in [6, 6.07) is 3.16. The number of rotatable bonds is 3. The molecule has 2 atom stereocenters. The molecule has 0 aliphatic carbocycles. The van der Waals surface area contributed by atoms with Crippen molar-refractivity contribution in [2.24, 2.45) is 22.1 Å². The van der Waals surface area contributed by atoms with Crippen LogP contribution in [-0.2, 0) is 4.74 Å². The van der Waals surface area contributed by atoms with Crippen LogP contribution in [0, 0.1) is 23.0 Å². The van der Waals surface area contributed by atoms with Crippen LogP contribution in [-0.4, -0.2) is 25.2 Å². The van der Waals surface area contributed by atoms with E-state index in [9.17, 15) is 8.78 Å². The number of nitrogens with one attached hydrogen (secondary N) is 1. The summed E-state index contributed by atoms with van der Waals surface area (Å²) in [7, 11) is 0. The van der Waals surface area contributed by atoms with E-state index >= 15 is 0 Å². The van der Waals surface area contributed by atoms with Crippen LogP contribution in [0.3, 0.4) is 0 Å². The van der Waals surface area contributed by atoms with Crippen LogP contribution in [0.4, 0.5) is 14.5 Å². The first-order valence-corrected chi connectivity index (χ1v) is 7.91. The Morgan fingerprint density at radius 3 is 2.83 bits per heavy atom. The summed E-state index contributed by atoms with van der Waals surface area (Å²) >= 11 is 0. The number of ether oxygens (including phenoxy) is 1. The Morgan fingerprint density at radius 1 is 1.39 bits per heavy atom. The maximum absolute atomic E-state index is 13.6. The van der Waals surface area contributed by atoms with E-state index in [0.29, 0.717) is 6.54 Å². The number of guanidine groups is 1. The van der Waals surface area contributed by atoms with E-state index in [1.807, 2.05) is 0 Å². The number of halogens is 2. The van der Waals surface area contributed by atoms with Crippen LogP contribution >= 0.6 is 0 Å². The molecule has 1 heterocycles. The molecule has 0 amide bonds. The van der Waals surface area contributed by atoms with E-state index < -0.39 is 11.6 Å². The summed E-state index contributed by atoms with van der Waals surface area (Å²) in [5, 5.41) is 2.62. The number of nitrogens with two attached hydrogens (primary N) is 1. The van der Waals surface area contributed by atoms with Crippen LogP contribution < -0.4 is 11.1 Å². The average Bonchev–Trinajstić information content (AvgIpc) is 2.48. The summed E-state index contributed by atoms with van der Waals surface area (Å²) in [4.78, 5) is 4.29. The molecule has 1 saturated heterocycles. The fraction of sp³-hybridized carbons (Fsp3) is 0.588. The highest BCUT2D eigenvalue weighted by atomic mass is 19.1. The third kappa shape index (κ3) is 4.89. The smallest absolute Gasteiger partial charge is 0.193 e. The molecule has 0 aromatic heterocycles. The molecule has 2 rings (SSSR count). The van der Waals surface area contributed by atoms with Gasteiger partial charge in [0.05, 0.1) is 11.8 Å². The zero-order chi connectivity index (χ0) is 17.0. The topological polar surface area (TPSA) is 59.6 Å². The average molecular weight is 325 g/mol. The highest BCUT2D eigenvalue weighted by molar-refractivity contribution is 5.92. The number of nitrogens with zero attached hydrogens (tertiary/aromatic N) is 1. The maximum Gasteiger partial charge on any atom is 0.193 e. The minimum absolute atomic E-state index is 0.0153. The molecule has 23 heavy (non-hydrogen) atoms. The molecule has 0 radical (unpaired) electrons. The van der Waals surface area contributed by atoms with Crippen LogP contribution in [0.25, 0.3) is 0 Å². The number of hydrogen-bond acceptors (Lipinski definition) is 2. The zero-order valence-corrected chi connectivity index (χ0v) is 13.9. The van der Waals surface area contributed by atoms with Crippen molar-refractivity contribution in [3.8, 4) is 0 Å². The Morgan fingerprint density at radius 2 is 2.13 bits per heavy atom. The van der Waals surface area contributed by atoms with Crippen molar-refractivity contribution >= 4 is 11.6 Å². The van der Waals surface area contributed by atoms with Crippen molar-refractivity contribution < 1.29 is 13.5 Å². The van der Waals surface area contributed by atoms with Crippen LogP contribution in [0.2, 0.25) is 0 Å². The molecule has 3 N–H and O–H groups in total. The highest BCUT2D eigenvalue weighted by Crippen LogP contribution is 2.34. The number of aliphatic imine (C=N–C) groups is 1. The lowest BCUT2D eigenvalue weighted by Gasteiger charge is -2.39. The first kappa shape index (κ1) is 17.7. The fourth-order valence-corrected chi connectivity index (χ4v) is 2.97. The molecule has 0 spiro atoms. The van der Waals surface area contributed by atoms with Crippen molar-refractivity contribution in [3.05, 3.63) is 29.8 Å². The SMILES string of the molecule is CC(C)(C)C1OCCCC1CN=C(N)Nc1cc(F)ccc1F. The van der Waals surface area contributed by atoms with Gasteiger partial charge < -0.3 is 15.8 Å². The third-order valence-corrected chi connectivity index (χ3v) is 3.99. The standard InChI is InChI=1S/C17H25F2N3O/c1-17(2,3)15-11(5-4-8-23-15)10-21-16(20)22-14-9-12(18)6-7-13(14)19/h6-7,9,11,15H,4-5,8,10H2,1-3H3,(H3,20,21,22). The summed E-state index contributed by atoms with van der Waals surface area (Å²) in [5.41, 5.74) is 5.82. The van der Waals surface area contributed by atoms with Crippen LogP contribution in [0.5, 0.6) is 0 Å². The van der Waals surface area contributed by atoms with Crippen LogP contribution in [0.15, 0.2) is 23.2 Å². The molecule has 1 aliphatic heterocycles. The van der Waals surface area contributed by atoms with E-state index in [-0.39, 0.29) is 29.1 Å². The number of hydrogen-bond donors (Lipinski definition) is 2. The second kappa shape index (κ2) is 7.25. The van der Waals surface area contributed by atoms with Crippen LogP contribution in [0.1, 0.15) is 33.6 Å². The normalized spacial score (nSPS) is 22.9. The van der Waals surface area contributed by atoms with E-state index in [0.717, 1.165) is 37.6 Å². The minimum atomic E-state index is -0.571. The molecular formula is C17H25F2N3O. The summed E-state index contributed by atoms with van der Waals surface area (Å²) in [5.74, 6) is -0.762. The molecular weight excluding hydrogens is 300 g/mol. The lowest BCUT2D eigenvalue weighted by atomic mass is 9.78. The molecule has 1 fully saturated rings. The summed E-state index contributed by atoms with van der Waals surface area (Å²) < 4.78 is 32.6. The molecule has 2 unspecified atom stereocenters. The molecule has 6 heteroatoms. The zero-order valence-electron chi connectivity index (χ0n) is 13.9. The fourth-order valence-electron chi connectivity index (χ4n) is 2.97. The van der Waals surface area contributed by atoms with Gasteiger partial charge in [-0.2, -0.15) is 0 Å². The predicted molar refractivity (Wildman–Crippen MR) is 88.4 cm³/mol. The Labute approximate surface area is 136 Å². The quantitative estimate of drug-likeness (QED) is 0.660. The maximum atomic E-state index is 13.6. The highest BCUT2D eigenvalue weighted by Gasteiger charge is 2.35. The van der Waals surface area contributed by atoms with Gasteiger partial charge in [-0.3, -0.25) is 4.99 Å². The van der Waals surface area contributed by atoms with Gasteiger partial charge in [0, 0.05) is 25.1 Å². The Kier molecular flexibility index (Phi) is 5.57. The second-order valence-corrected chi connectivity index (χ2v) is 7.03. The predicted octanol–water partition coefficient (Wildman–Crippen LogP) is 3.53. The first-order chi connectivity index (χ1) is 10.8. The molecule has 0 bridgehead atoms. The third-order valence-electron chi connectivity index (χ3n) is 3.99. The van der Waals surface area contributed by atoms with Gasteiger partial charge in [0.15, 0.2) is 5.96 Å². The largest absolute Gasteiger partial charge is 0.377 e. The Bertz CT molecular complexity index is 569. The monoisotopic (exact) mass is 325 g/mol. The van der Waals surface area contributed by atoms with Crippen molar-refractivity contribution in [2.75, 3.05) is 18.5 Å². The van der Waals surface area contributed by atoms with E-state index in [1.54, 1.807) is 0 Å². The second-order valence-electron chi connectivity index (χ2n) is 7.03. The lowest BCUT2D eigenvalue weighted by Crippen LogP contribution is -2.41. The molecule has 4 nitrogen and oxygen atoms in total. The Hall–Kier alpha value is -1.69. The van der Waals surface area contributed by atoms with Gasteiger partial charge in [-0.15, -0.1) is 0 Å². The summed E-state index contributed by atoms with van der Waals surface area (Å²) in [6.45, 7) is 7.69. The minimum Gasteiger partial charge on any atom is -0.377 e. The van der Waals surface area contributed by atoms with Gasteiger partial charge in [0.2, 0.25) is 0 Å². The van der Waals surface area contributed by atoms with E-state index in [1.165, 1.54) is 0 Å². The van der Waals surface area contributed by atoms with Gasteiger partial charge in [0.25, 0.3) is 0 Å². The van der Waals surface area contributed by atoms with Gasteiger partial charge in [-0.1, -0.05) is 20.8 Å². The van der Waals surface area contributed by atoms with Crippen molar-refractivity contribution in [1.29, 1.82) is 0 Å². The molecule has 1 aromatic rings. The van der Waals surface area contributed by atoms with Crippen molar-refractivity contribution in [2.45, 2.75) is 39.7 Å². The van der Waals surface area contributed by atoms with E-state index in [2.05, 4.69) is 31.1 Å². The first-order valence-electron chi connectivity index (χ1n) is 7.91. The van der Waals surface area contributed by atoms with Gasteiger partial charge >= 0.3 is 0 Å². The van der Waals surface area contributed by atoms with Gasteiger partial charge in [-0.05, 0) is 30.4 Å². The van der Waals surface area contributed by atoms with Crippen molar-refractivity contribution in [1.82, 2.24) is 0 Å². The number of anilines is 1. The number of benzene rings is 1. The van der Waals surface area contributed by atoms with E-state index in [4.69, 9.17) is 10.5 Å². The molecule has 1 aromatic carbocycles.